The number of likely N-dealkylation sites (tertiary alicyclic amines) is 1. The zero-order valence-electron chi connectivity index (χ0n) is 50.0. The van der Waals surface area contributed by atoms with Crippen LogP contribution in [-0.4, -0.2) is 155 Å². The second-order valence-corrected chi connectivity index (χ2v) is 25.2. The number of piperazine rings is 1. The number of carbonyl (C=O) groups excluding carboxylic acids is 1. The number of hydrogen-bond donors (Lipinski definition) is 2. The van der Waals surface area contributed by atoms with E-state index in [0.29, 0.717) is 65.4 Å². The molecule has 3 saturated heterocycles. The molecule has 12 rings (SSSR count). The van der Waals surface area contributed by atoms with E-state index in [9.17, 15) is 18.3 Å². The molecule has 4 aliphatic rings. The van der Waals surface area contributed by atoms with Gasteiger partial charge in [0.15, 0.2) is 5.82 Å². The van der Waals surface area contributed by atoms with E-state index in [-0.39, 0.29) is 107 Å². The fourth-order valence-corrected chi connectivity index (χ4v) is 14.5. The van der Waals surface area contributed by atoms with Crippen molar-refractivity contribution in [2.45, 2.75) is 108 Å². The second kappa shape index (κ2) is 25.1. The van der Waals surface area contributed by atoms with Crippen LogP contribution in [0.3, 0.4) is 0 Å². The van der Waals surface area contributed by atoms with Crippen molar-refractivity contribution >= 4 is 54.5 Å². The molecule has 7 heterocycles. The number of phenols is 1. The van der Waals surface area contributed by atoms with Crippen molar-refractivity contribution in [1.82, 2.24) is 44.5 Å². The zero-order chi connectivity index (χ0) is 61.5. The molecule has 8 aromatic rings. The number of anilines is 1. The molecule has 0 spiro atoms. The average molecular weight is 1220 g/mol. The first-order valence-corrected chi connectivity index (χ1v) is 31.2. The minimum atomic E-state index is -4.07. The molecule has 5 aromatic carbocycles. The molecule has 5 atom stereocenters. The first-order chi connectivity index (χ1) is 42.4. The van der Waals surface area contributed by atoms with Crippen LogP contribution in [0.1, 0.15) is 86.6 Å². The molecule has 2 bridgehead atoms. The van der Waals surface area contributed by atoms with E-state index < -0.39 is 39.8 Å². The van der Waals surface area contributed by atoms with Gasteiger partial charge in [0.25, 0.3) is 0 Å². The van der Waals surface area contributed by atoms with Crippen molar-refractivity contribution in [1.29, 1.82) is 0 Å². The maximum absolute atomic E-state index is 17.2. The Labute approximate surface area is 509 Å². The number of ether oxygens (including phenoxy) is 6. The number of aromatic hydroxyl groups is 1. The predicted molar refractivity (Wildman–Crippen MR) is 326 cm³/mol. The zero-order valence-corrected chi connectivity index (χ0v) is 50.8. The van der Waals surface area contributed by atoms with Crippen LogP contribution < -0.4 is 29.2 Å². The molecule has 2 unspecified atom stereocenters. The van der Waals surface area contributed by atoms with Crippen LogP contribution in [0.4, 0.5) is 14.6 Å². The highest BCUT2D eigenvalue weighted by Gasteiger charge is 2.37. The molecule has 0 saturated carbocycles. The van der Waals surface area contributed by atoms with E-state index in [1.165, 1.54) is 40.8 Å². The molecule has 2 N–H and O–H groups in total. The van der Waals surface area contributed by atoms with Gasteiger partial charge in [0, 0.05) is 87.5 Å². The number of nitrogens with zero attached hydrogens (tertiary/aromatic N) is 9. The van der Waals surface area contributed by atoms with Crippen LogP contribution in [-0.2, 0) is 37.9 Å². The summed E-state index contributed by atoms with van der Waals surface area (Å²) in [4.78, 5) is 31.7. The van der Waals surface area contributed by atoms with Crippen molar-refractivity contribution in [2.75, 3.05) is 71.1 Å². The third-order valence-electron chi connectivity index (χ3n) is 17.1. The number of piperidine rings is 1. The Hall–Kier alpha value is -8.27. The van der Waals surface area contributed by atoms with Gasteiger partial charge in [-0.2, -0.15) is 14.3 Å². The van der Waals surface area contributed by atoms with Gasteiger partial charge < -0.3 is 43.7 Å². The largest absolute Gasteiger partial charge is 0.508 e. The first kappa shape index (κ1) is 60.0. The number of aryl methyl sites for hydroxylation is 2. The molecule has 0 radical (unpaired) electrons. The Bertz CT molecular complexity index is 4130. The summed E-state index contributed by atoms with van der Waals surface area (Å²) in [6.07, 6.45) is 9.97. The van der Waals surface area contributed by atoms with Crippen molar-refractivity contribution in [3.05, 3.63) is 118 Å². The summed E-state index contributed by atoms with van der Waals surface area (Å²) >= 11 is 0. The maximum Gasteiger partial charge on any atom is 0.319 e. The quantitative estimate of drug-likeness (QED) is 0.0439. The number of nitrogens with one attached hydrogen (secondary N) is 1. The SMILES string of the molecule is C#Cc1c(F)ccc2cc(O)cc(-c3ncc4c(N5C[C@H]6CC[C@@H](C5)N6)nc(OC(C)CN5CCC(OCCOc6ccc7c(c6)O[C@H](C)CN(Cc6cc(C(CC(=O)OCC)c8cc(OC)c9c(c8)nnn9C)ccc6C)S7(=O)=O)CC5)nc4c3F)c12. The smallest absolute Gasteiger partial charge is 0.319 e. The number of benzene rings is 5. The second-order valence-electron chi connectivity index (χ2n) is 23.2. The van der Waals surface area contributed by atoms with E-state index in [2.05, 4.69) is 41.3 Å². The first-order valence-electron chi connectivity index (χ1n) is 29.8. The minimum Gasteiger partial charge on any atom is -0.508 e. The van der Waals surface area contributed by atoms with Gasteiger partial charge in [0.2, 0.25) is 10.0 Å². The number of terminal acetylenes is 1. The number of esters is 1. The Kier molecular flexibility index (Phi) is 17.1. The van der Waals surface area contributed by atoms with Gasteiger partial charge in [-0.3, -0.25) is 14.7 Å². The molecule has 0 amide bonds. The lowest BCUT2D eigenvalue weighted by Gasteiger charge is -2.34. The number of hydrogen-bond acceptors (Lipinski definition) is 18. The lowest BCUT2D eigenvalue weighted by atomic mass is 9.86. The van der Waals surface area contributed by atoms with Crippen molar-refractivity contribution < 1.29 is 55.5 Å². The van der Waals surface area contributed by atoms with Gasteiger partial charge >= 0.3 is 12.0 Å². The lowest BCUT2D eigenvalue weighted by molar-refractivity contribution is -0.143. The van der Waals surface area contributed by atoms with Gasteiger partial charge in [-0.1, -0.05) is 35.4 Å². The molecule has 4 aliphatic heterocycles. The number of fused-ring (bicyclic) bond motifs is 6. The lowest BCUT2D eigenvalue weighted by Crippen LogP contribution is -2.51. The molecular formula is C65H70F2N10O10S. The van der Waals surface area contributed by atoms with Crippen LogP contribution in [0.15, 0.2) is 83.9 Å². The Balaban J connectivity index is 0.671. The molecule has 20 nitrogen and oxygen atoms in total. The molecule has 88 heavy (non-hydrogen) atoms. The Morgan fingerprint density at radius 2 is 1.76 bits per heavy atom. The molecule has 23 heteroatoms. The molecule has 3 fully saturated rings. The highest BCUT2D eigenvalue weighted by molar-refractivity contribution is 7.89. The number of phenolic OH excluding ortho intramolecular Hbond substituents is 1. The monoisotopic (exact) mass is 1220 g/mol. The van der Waals surface area contributed by atoms with Crippen molar-refractivity contribution in [3.63, 3.8) is 0 Å². The number of sulfonamides is 1. The number of halogens is 2. The fourth-order valence-electron chi connectivity index (χ4n) is 12.9. The summed E-state index contributed by atoms with van der Waals surface area (Å²) in [5.74, 6) is 1.66. The van der Waals surface area contributed by atoms with Crippen LogP contribution in [0.2, 0.25) is 0 Å². The van der Waals surface area contributed by atoms with Gasteiger partial charge in [-0.05, 0) is 123 Å². The topological polar surface area (TPSA) is 218 Å². The number of pyridine rings is 1. The van der Waals surface area contributed by atoms with Gasteiger partial charge in [0.1, 0.15) is 80.6 Å². The van der Waals surface area contributed by atoms with Crippen LogP contribution in [0.25, 0.3) is 44.0 Å². The molecule has 3 aromatic heterocycles. The highest BCUT2D eigenvalue weighted by Crippen LogP contribution is 2.42. The van der Waals surface area contributed by atoms with Crippen LogP contribution in [0, 0.1) is 30.9 Å². The summed E-state index contributed by atoms with van der Waals surface area (Å²) < 4.78 is 101. The molecular weight excluding hydrogens is 1150 g/mol. The number of aromatic nitrogens is 6. The average Bonchev–Trinajstić information content (AvgIpc) is 1.74. The van der Waals surface area contributed by atoms with Gasteiger partial charge in [-0.15, -0.1) is 11.5 Å². The number of rotatable bonds is 19. The minimum absolute atomic E-state index is 0.00890. The third kappa shape index (κ3) is 12.2. The normalized spacial score (nSPS) is 19.4. The van der Waals surface area contributed by atoms with E-state index in [0.717, 1.165) is 61.0 Å². The van der Waals surface area contributed by atoms with Gasteiger partial charge in [-0.25, -0.2) is 21.9 Å². The van der Waals surface area contributed by atoms with Crippen molar-refractivity contribution in [2.24, 2.45) is 7.05 Å². The van der Waals surface area contributed by atoms with E-state index in [4.69, 9.17) is 39.8 Å². The Morgan fingerprint density at radius 3 is 2.52 bits per heavy atom. The van der Waals surface area contributed by atoms with E-state index in [1.54, 1.807) is 37.9 Å². The van der Waals surface area contributed by atoms with Crippen LogP contribution in [0.5, 0.6) is 29.0 Å². The van der Waals surface area contributed by atoms with Crippen LogP contribution >= 0.6 is 0 Å². The fraction of sp³-hybridized carbons (Fsp3) is 0.415. The van der Waals surface area contributed by atoms with E-state index in [1.807, 2.05) is 51.1 Å². The summed E-state index contributed by atoms with van der Waals surface area (Å²) in [7, 11) is -0.715. The number of methoxy groups -OCH3 is 1. The summed E-state index contributed by atoms with van der Waals surface area (Å²) in [6, 6.07) is 20.4. The standard InChI is InChI=1S/C65H70F2N10O10S/c1-8-49-53(66)16-12-41-25-46(78)28-51(59(41)49)61-60(67)62-52(31-68-61)64(76-35-44-13-14-45(36-76)69-44)71-65(70-62)87-38(4)32-75-20-18-47(19-21-75)84-22-23-85-48-15-17-57-55(29-48)86-39(5)33-77(88(57,80)81)34-43-24-40(11-10-37(43)3)50(30-58(79)83-9-2)42-26-54-63(56(27-42)82-7)74(6)73-72-54/h1,10-12,15-17,24-29,31,38-39,44-45,47,50,69,78H,9,13-14,18-23,30,32-36H2,2-7H3/t38?,39-,44-,45+,50?/m1/s1. The number of carbonyl (C=O) groups is 1. The summed E-state index contributed by atoms with van der Waals surface area (Å²) in [5.41, 5.74) is 4.43. The molecule has 0 aliphatic carbocycles. The summed E-state index contributed by atoms with van der Waals surface area (Å²) in [5, 5.41) is 23.9. The Morgan fingerprint density at radius 1 is 0.966 bits per heavy atom. The van der Waals surface area contributed by atoms with E-state index >= 15 is 8.78 Å². The highest BCUT2D eigenvalue weighted by atomic mass is 32.2. The summed E-state index contributed by atoms with van der Waals surface area (Å²) in [6.45, 7) is 11.7. The molecule has 460 valence electrons. The maximum atomic E-state index is 17.2. The predicted octanol–water partition coefficient (Wildman–Crippen LogP) is 8.73. The van der Waals surface area contributed by atoms with Gasteiger partial charge in [0.05, 0.1) is 50.3 Å². The third-order valence-corrected chi connectivity index (χ3v) is 19.0. The van der Waals surface area contributed by atoms with Crippen molar-refractivity contribution in [3.8, 4) is 52.6 Å².